The van der Waals surface area contributed by atoms with E-state index in [9.17, 15) is 18.0 Å². The maximum Gasteiger partial charge on any atom is 0.416 e. The van der Waals surface area contributed by atoms with Crippen molar-refractivity contribution in [1.82, 2.24) is 9.78 Å². The van der Waals surface area contributed by atoms with E-state index < -0.39 is 17.6 Å². The molecule has 1 heterocycles. The molecule has 2 aromatic rings. The fourth-order valence-corrected chi connectivity index (χ4v) is 1.70. The van der Waals surface area contributed by atoms with Crippen LogP contribution in [0.4, 0.5) is 18.9 Å². The van der Waals surface area contributed by atoms with Crippen LogP contribution in [0.3, 0.4) is 0 Å². The summed E-state index contributed by atoms with van der Waals surface area (Å²) >= 11 is 0. The maximum atomic E-state index is 12.6. The highest BCUT2D eigenvalue weighted by atomic mass is 19.4. The zero-order chi connectivity index (χ0) is 15.8. The third kappa shape index (κ3) is 2.64. The number of halogens is 3. The number of hydrogen-bond acceptors (Lipinski definition) is 4. The lowest BCUT2D eigenvalue weighted by Crippen LogP contribution is -2.14. The highest BCUT2D eigenvalue weighted by molar-refractivity contribution is 5.95. The Balaban J connectivity index is 2.58. The Morgan fingerprint density at radius 2 is 2.05 bits per heavy atom. The van der Waals surface area contributed by atoms with E-state index >= 15 is 0 Å². The molecule has 2 rings (SSSR count). The van der Waals surface area contributed by atoms with E-state index in [-0.39, 0.29) is 22.6 Å². The van der Waals surface area contributed by atoms with Crippen LogP contribution in [-0.4, -0.2) is 15.7 Å². The van der Waals surface area contributed by atoms with Crippen molar-refractivity contribution in [2.24, 2.45) is 5.73 Å². The third-order valence-electron chi connectivity index (χ3n) is 2.67. The van der Waals surface area contributed by atoms with Gasteiger partial charge in [-0.1, -0.05) is 0 Å². The molecule has 0 spiro atoms. The van der Waals surface area contributed by atoms with Crippen LogP contribution in [0.5, 0.6) is 0 Å². The largest absolute Gasteiger partial charge is 0.416 e. The molecule has 0 aliphatic heterocycles. The Morgan fingerprint density at radius 1 is 1.38 bits per heavy atom. The number of hydrogen-bond donors (Lipinski definition) is 2. The van der Waals surface area contributed by atoms with Gasteiger partial charge in [0.1, 0.15) is 6.07 Å². The van der Waals surface area contributed by atoms with Crippen LogP contribution in [0.15, 0.2) is 24.4 Å². The normalized spacial score (nSPS) is 11.1. The molecule has 21 heavy (non-hydrogen) atoms. The van der Waals surface area contributed by atoms with Crippen LogP contribution in [0.2, 0.25) is 0 Å². The van der Waals surface area contributed by atoms with Crippen molar-refractivity contribution in [1.29, 1.82) is 5.26 Å². The molecular formula is C12H8F3N5O. The van der Waals surface area contributed by atoms with Gasteiger partial charge in [0.2, 0.25) is 0 Å². The van der Waals surface area contributed by atoms with Crippen LogP contribution < -0.4 is 11.5 Å². The summed E-state index contributed by atoms with van der Waals surface area (Å²) in [6, 6.07) is 4.21. The first-order valence-electron chi connectivity index (χ1n) is 5.50. The van der Waals surface area contributed by atoms with Crippen molar-refractivity contribution in [2.45, 2.75) is 6.18 Å². The number of primary amides is 1. The second-order valence-corrected chi connectivity index (χ2v) is 4.08. The van der Waals surface area contributed by atoms with E-state index in [0.717, 1.165) is 16.8 Å². The van der Waals surface area contributed by atoms with Gasteiger partial charge in [-0.05, 0) is 18.2 Å². The second kappa shape index (κ2) is 4.82. The number of carbonyl (C=O) groups is 1. The molecule has 108 valence electrons. The van der Waals surface area contributed by atoms with Gasteiger partial charge in [0.25, 0.3) is 5.91 Å². The van der Waals surface area contributed by atoms with E-state index in [0.29, 0.717) is 6.07 Å². The SMILES string of the molecule is N#Cc1cc(C(F)(F)F)ccc1-n1cc(N)c(C(N)=O)n1. The van der Waals surface area contributed by atoms with Crippen molar-refractivity contribution in [3.05, 3.63) is 41.2 Å². The molecule has 1 aromatic heterocycles. The minimum atomic E-state index is -4.56. The van der Waals surface area contributed by atoms with Gasteiger partial charge < -0.3 is 11.5 Å². The van der Waals surface area contributed by atoms with Crippen LogP contribution >= 0.6 is 0 Å². The van der Waals surface area contributed by atoms with Crippen molar-refractivity contribution >= 4 is 11.6 Å². The van der Waals surface area contributed by atoms with Crippen LogP contribution in [0.1, 0.15) is 21.6 Å². The van der Waals surface area contributed by atoms with Crippen LogP contribution in [-0.2, 0) is 6.18 Å². The second-order valence-electron chi connectivity index (χ2n) is 4.08. The van der Waals surface area contributed by atoms with E-state index in [1.807, 2.05) is 0 Å². The van der Waals surface area contributed by atoms with Gasteiger partial charge in [-0.15, -0.1) is 0 Å². The topological polar surface area (TPSA) is 111 Å². The monoisotopic (exact) mass is 295 g/mol. The molecule has 9 heteroatoms. The zero-order valence-electron chi connectivity index (χ0n) is 10.3. The summed E-state index contributed by atoms with van der Waals surface area (Å²) in [6.45, 7) is 0. The summed E-state index contributed by atoms with van der Waals surface area (Å²) in [5, 5.41) is 12.7. The number of alkyl halides is 3. The molecule has 0 atom stereocenters. The molecule has 1 amide bonds. The molecule has 0 radical (unpaired) electrons. The minimum absolute atomic E-state index is 0.0358. The fourth-order valence-electron chi connectivity index (χ4n) is 1.70. The van der Waals surface area contributed by atoms with Crippen molar-refractivity contribution in [2.75, 3.05) is 5.73 Å². The van der Waals surface area contributed by atoms with Crippen LogP contribution in [0, 0.1) is 11.3 Å². The Labute approximate surface area is 116 Å². The number of carbonyl (C=O) groups excluding carboxylic acids is 1. The molecule has 4 N–H and O–H groups in total. The average molecular weight is 295 g/mol. The highest BCUT2D eigenvalue weighted by Crippen LogP contribution is 2.31. The summed E-state index contributed by atoms with van der Waals surface area (Å²) in [5.41, 5.74) is 9.15. The quantitative estimate of drug-likeness (QED) is 0.873. The van der Waals surface area contributed by atoms with Gasteiger partial charge in [0, 0.05) is 0 Å². The molecule has 1 aromatic carbocycles. The molecule has 0 aliphatic carbocycles. The van der Waals surface area contributed by atoms with Gasteiger partial charge in [0.05, 0.1) is 28.7 Å². The summed E-state index contributed by atoms with van der Waals surface area (Å²) in [5.74, 6) is -0.878. The Bertz CT molecular complexity index is 757. The minimum Gasteiger partial charge on any atom is -0.396 e. The van der Waals surface area contributed by atoms with Gasteiger partial charge in [-0.25, -0.2) is 4.68 Å². The molecule has 0 saturated carbocycles. The fraction of sp³-hybridized carbons (Fsp3) is 0.0833. The maximum absolute atomic E-state index is 12.6. The lowest BCUT2D eigenvalue weighted by atomic mass is 10.1. The highest BCUT2D eigenvalue weighted by Gasteiger charge is 2.31. The van der Waals surface area contributed by atoms with Gasteiger partial charge in [-0.2, -0.15) is 23.5 Å². The summed E-state index contributed by atoms with van der Waals surface area (Å²) < 4.78 is 38.8. The smallest absolute Gasteiger partial charge is 0.396 e. The van der Waals surface area contributed by atoms with Gasteiger partial charge in [-0.3, -0.25) is 4.79 Å². The summed E-state index contributed by atoms with van der Waals surface area (Å²) in [6.07, 6.45) is -3.37. The molecule has 0 unspecified atom stereocenters. The number of benzene rings is 1. The Morgan fingerprint density at radius 3 is 2.52 bits per heavy atom. The van der Waals surface area contributed by atoms with Gasteiger partial charge >= 0.3 is 6.18 Å². The van der Waals surface area contributed by atoms with Gasteiger partial charge in [0.15, 0.2) is 5.69 Å². The molecule has 0 bridgehead atoms. The van der Waals surface area contributed by atoms with Crippen molar-refractivity contribution < 1.29 is 18.0 Å². The number of nitrogens with zero attached hydrogens (tertiary/aromatic N) is 3. The molecule has 0 saturated heterocycles. The predicted octanol–water partition coefficient (Wildman–Crippen LogP) is 1.44. The number of nitrogen functional groups attached to an aromatic ring is 1. The van der Waals surface area contributed by atoms with E-state index in [1.54, 1.807) is 6.07 Å². The third-order valence-corrected chi connectivity index (χ3v) is 2.67. The number of anilines is 1. The number of aromatic nitrogens is 2. The molecule has 0 fully saturated rings. The number of nitrogens with two attached hydrogens (primary N) is 2. The predicted molar refractivity (Wildman–Crippen MR) is 66.2 cm³/mol. The first kappa shape index (κ1) is 14.4. The average Bonchev–Trinajstić information content (AvgIpc) is 2.79. The van der Waals surface area contributed by atoms with Crippen molar-refractivity contribution in [3.63, 3.8) is 0 Å². The Hall–Kier alpha value is -3.02. The Kier molecular flexibility index (Phi) is 3.31. The first-order chi connectivity index (χ1) is 9.74. The lowest BCUT2D eigenvalue weighted by Gasteiger charge is -2.09. The summed E-state index contributed by atoms with van der Waals surface area (Å²) in [7, 11) is 0. The lowest BCUT2D eigenvalue weighted by molar-refractivity contribution is -0.137. The standard InChI is InChI=1S/C12H8F3N5O/c13-12(14,15)7-1-2-9(6(3-7)4-16)20-5-8(17)10(19-20)11(18)21/h1-3,5H,17H2,(H2,18,21). The number of rotatable bonds is 2. The van der Waals surface area contributed by atoms with Crippen molar-refractivity contribution in [3.8, 4) is 11.8 Å². The summed E-state index contributed by atoms with van der Waals surface area (Å²) in [4.78, 5) is 11.1. The zero-order valence-corrected chi connectivity index (χ0v) is 10.3. The molecule has 6 nitrogen and oxygen atoms in total. The number of amides is 1. The molecule has 0 aliphatic rings. The van der Waals surface area contributed by atoms with E-state index in [1.165, 1.54) is 6.20 Å². The first-order valence-corrected chi connectivity index (χ1v) is 5.50. The van der Waals surface area contributed by atoms with E-state index in [4.69, 9.17) is 16.7 Å². The van der Waals surface area contributed by atoms with E-state index in [2.05, 4.69) is 5.10 Å². The number of nitriles is 1. The van der Waals surface area contributed by atoms with Crippen LogP contribution in [0.25, 0.3) is 5.69 Å². The molecular weight excluding hydrogens is 287 g/mol.